The summed E-state index contributed by atoms with van der Waals surface area (Å²) in [7, 11) is 0. The molecule has 0 spiro atoms. The molecule has 0 atom stereocenters. The van der Waals surface area contributed by atoms with Crippen LogP contribution in [0.4, 0.5) is 0 Å². The highest BCUT2D eigenvalue weighted by atomic mass is 32.2. The van der Waals surface area contributed by atoms with Crippen LogP contribution in [0.3, 0.4) is 0 Å². The Morgan fingerprint density at radius 1 is 1.26 bits per heavy atom. The predicted octanol–water partition coefficient (Wildman–Crippen LogP) is 2.72. The predicted molar refractivity (Wildman–Crippen MR) is 85.3 cm³/mol. The Balaban J connectivity index is 1.85. The van der Waals surface area contributed by atoms with Crippen LogP contribution in [0.15, 0.2) is 45.9 Å². The molecule has 0 aliphatic carbocycles. The van der Waals surface area contributed by atoms with Crippen LogP contribution in [0.25, 0.3) is 11.3 Å². The van der Waals surface area contributed by atoms with Crippen LogP contribution in [0, 0.1) is 0 Å². The number of esters is 1. The molecule has 0 aliphatic heterocycles. The first kappa shape index (κ1) is 15.5. The highest BCUT2D eigenvalue weighted by molar-refractivity contribution is 8.01. The lowest BCUT2D eigenvalue weighted by Gasteiger charge is -2.02. The smallest absolute Gasteiger partial charge is 0.361 e. The second-order valence-electron chi connectivity index (χ2n) is 4.22. The molecule has 3 rings (SSSR count). The fourth-order valence-corrected chi connectivity index (χ4v) is 3.23. The van der Waals surface area contributed by atoms with Gasteiger partial charge in [-0.25, -0.2) is 9.78 Å². The molecular formula is C14H11N5O2S2. The van der Waals surface area contributed by atoms with Gasteiger partial charge in [-0.2, -0.15) is 5.10 Å². The minimum absolute atomic E-state index is 0.176. The Labute approximate surface area is 140 Å². The Kier molecular flexibility index (Phi) is 4.89. The first-order chi connectivity index (χ1) is 11.3. The molecular weight excluding hydrogens is 334 g/mol. The second-order valence-corrected chi connectivity index (χ2v) is 6.21. The van der Waals surface area contributed by atoms with Crippen molar-refractivity contribution in [1.29, 1.82) is 0 Å². The molecule has 23 heavy (non-hydrogen) atoms. The molecule has 9 heteroatoms. The van der Waals surface area contributed by atoms with Gasteiger partial charge in [0.25, 0.3) is 0 Å². The Bertz CT molecular complexity index is 810. The van der Waals surface area contributed by atoms with Crippen molar-refractivity contribution in [3.8, 4) is 11.3 Å². The number of aromatic nitrogens is 5. The van der Waals surface area contributed by atoms with E-state index in [0.717, 1.165) is 17.1 Å². The molecule has 2 aromatic heterocycles. The number of rotatable bonds is 5. The standard InChI is InChI=1S/C14H11N5O2S2/c1-2-21-12(20)11-13(23-19-17-11)22-14-16-10(8-15-18-14)9-6-4-3-5-7-9/h3-8H,2H2,1H3. The molecule has 0 N–H and O–H groups in total. The van der Waals surface area contributed by atoms with E-state index in [4.69, 9.17) is 4.74 Å². The first-order valence-corrected chi connectivity index (χ1v) is 8.29. The number of benzene rings is 1. The normalized spacial score (nSPS) is 10.5. The zero-order chi connectivity index (χ0) is 16.1. The summed E-state index contributed by atoms with van der Waals surface area (Å²) >= 11 is 2.29. The molecule has 0 saturated heterocycles. The van der Waals surface area contributed by atoms with E-state index < -0.39 is 5.97 Å². The molecule has 0 radical (unpaired) electrons. The molecule has 3 aromatic rings. The summed E-state index contributed by atoms with van der Waals surface area (Å²) in [5.41, 5.74) is 1.83. The lowest BCUT2D eigenvalue weighted by Crippen LogP contribution is -2.06. The van der Waals surface area contributed by atoms with E-state index in [2.05, 4.69) is 24.8 Å². The summed E-state index contributed by atoms with van der Waals surface area (Å²) in [6.07, 6.45) is 1.59. The largest absolute Gasteiger partial charge is 0.461 e. The van der Waals surface area contributed by atoms with E-state index in [1.165, 1.54) is 11.8 Å². The van der Waals surface area contributed by atoms with Crippen LogP contribution in [0.1, 0.15) is 17.4 Å². The quantitative estimate of drug-likeness (QED) is 0.652. The number of carbonyl (C=O) groups excluding carboxylic acids is 1. The summed E-state index contributed by atoms with van der Waals surface area (Å²) in [4.78, 5) is 16.3. The molecule has 0 fully saturated rings. The monoisotopic (exact) mass is 345 g/mol. The van der Waals surface area contributed by atoms with Crippen molar-refractivity contribution in [1.82, 2.24) is 24.8 Å². The van der Waals surface area contributed by atoms with Crippen LogP contribution in [-0.2, 0) is 4.74 Å². The first-order valence-electron chi connectivity index (χ1n) is 6.70. The molecule has 0 bridgehead atoms. The topological polar surface area (TPSA) is 90.8 Å². The summed E-state index contributed by atoms with van der Waals surface area (Å²) in [6, 6.07) is 9.67. The fourth-order valence-electron chi connectivity index (χ4n) is 1.73. The number of carbonyl (C=O) groups is 1. The molecule has 2 heterocycles. The van der Waals surface area contributed by atoms with Gasteiger partial charge in [0.2, 0.25) is 5.16 Å². The van der Waals surface area contributed by atoms with Gasteiger partial charge in [0.1, 0.15) is 4.21 Å². The van der Waals surface area contributed by atoms with Crippen LogP contribution >= 0.6 is 23.3 Å². The number of ether oxygens (including phenoxy) is 1. The zero-order valence-electron chi connectivity index (χ0n) is 12.0. The summed E-state index contributed by atoms with van der Waals surface area (Å²) in [5.74, 6) is -0.504. The van der Waals surface area contributed by atoms with Gasteiger partial charge in [-0.15, -0.1) is 10.2 Å². The van der Waals surface area contributed by atoms with Crippen molar-refractivity contribution in [3.05, 3.63) is 42.2 Å². The lowest BCUT2D eigenvalue weighted by atomic mass is 10.2. The van der Waals surface area contributed by atoms with E-state index in [0.29, 0.717) is 15.1 Å². The summed E-state index contributed by atoms with van der Waals surface area (Å²) < 4.78 is 9.33. The SMILES string of the molecule is CCOC(=O)c1nnsc1Sc1nncc(-c2ccccc2)n1. The fraction of sp³-hybridized carbons (Fsp3) is 0.143. The van der Waals surface area contributed by atoms with Gasteiger partial charge in [0.15, 0.2) is 5.69 Å². The summed E-state index contributed by atoms with van der Waals surface area (Å²) in [6.45, 7) is 2.02. The minimum atomic E-state index is -0.504. The van der Waals surface area contributed by atoms with Crippen molar-refractivity contribution in [2.24, 2.45) is 0 Å². The van der Waals surface area contributed by atoms with E-state index >= 15 is 0 Å². The molecule has 116 valence electrons. The average Bonchev–Trinajstić information content (AvgIpc) is 3.04. The highest BCUT2D eigenvalue weighted by Gasteiger charge is 2.20. The van der Waals surface area contributed by atoms with Crippen LogP contribution in [-0.4, -0.2) is 37.3 Å². The van der Waals surface area contributed by atoms with Gasteiger partial charge < -0.3 is 4.74 Å². The second kappa shape index (κ2) is 7.25. The Morgan fingerprint density at radius 2 is 2.09 bits per heavy atom. The van der Waals surface area contributed by atoms with Crippen molar-refractivity contribution in [2.75, 3.05) is 6.61 Å². The van der Waals surface area contributed by atoms with Gasteiger partial charge in [-0.3, -0.25) is 0 Å². The molecule has 1 aromatic carbocycles. The van der Waals surface area contributed by atoms with Gasteiger partial charge in [0, 0.05) is 5.56 Å². The van der Waals surface area contributed by atoms with Crippen LogP contribution in [0.2, 0.25) is 0 Å². The third kappa shape index (κ3) is 3.69. The van der Waals surface area contributed by atoms with E-state index in [1.54, 1.807) is 13.1 Å². The van der Waals surface area contributed by atoms with E-state index in [1.807, 2.05) is 30.3 Å². The van der Waals surface area contributed by atoms with Gasteiger partial charge in [-0.1, -0.05) is 34.8 Å². The maximum absolute atomic E-state index is 11.8. The third-order valence-electron chi connectivity index (χ3n) is 2.72. The van der Waals surface area contributed by atoms with E-state index in [-0.39, 0.29) is 12.3 Å². The summed E-state index contributed by atoms with van der Waals surface area (Å²) in [5, 5.41) is 12.2. The Hall–Kier alpha value is -2.39. The minimum Gasteiger partial charge on any atom is -0.461 e. The number of nitrogens with zero attached hydrogens (tertiary/aromatic N) is 5. The van der Waals surface area contributed by atoms with Gasteiger partial charge in [-0.05, 0) is 30.2 Å². The van der Waals surface area contributed by atoms with Gasteiger partial charge >= 0.3 is 5.97 Å². The number of hydrogen-bond donors (Lipinski definition) is 0. The molecule has 7 nitrogen and oxygen atoms in total. The van der Waals surface area contributed by atoms with Crippen molar-refractivity contribution >= 4 is 29.3 Å². The van der Waals surface area contributed by atoms with Gasteiger partial charge in [0.05, 0.1) is 18.5 Å². The highest BCUT2D eigenvalue weighted by Crippen LogP contribution is 2.31. The average molecular weight is 345 g/mol. The van der Waals surface area contributed by atoms with Crippen molar-refractivity contribution in [2.45, 2.75) is 16.3 Å². The van der Waals surface area contributed by atoms with Crippen LogP contribution < -0.4 is 0 Å². The third-order valence-corrected chi connectivity index (χ3v) is 4.45. The molecule has 0 amide bonds. The van der Waals surface area contributed by atoms with Crippen LogP contribution in [0.5, 0.6) is 0 Å². The van der Waals surface area contributed by atoms with Crippen molar-refractivity contribution in [3.63, 3.8) is 0 Å². The van der Waals surface area contributed by atoms with Crippen molar-refractivity contribution < 1.29 is 9.53 Å². The molecule has 0 aliphatic rings. The van der Waals surface area contributed by atoms with E-state index in [9.17, 15) is 4.79 Å². The molecule has 0 saturated carbocycles. The zero-order valence-corrected chi connectivity index (χ0v) is 13.7. The number of hydrogen-bond acceptors (Lipinski definition) is 9. The lowest BCUT2D eigenvalue weighted by molar-refractivity contribution is 0.0515. The Morgan fingerprint density at radius 3 is 2.87 bits per heavy atom. The maximum Gasteiger partial charge on any atom is 0.361 e. The molecule has 0 unspecified atom stereocenters. The maximum atomic E-state index is 11.8.